The van der Waals surface area contributed by atoms with Gasteiger partial charge in [0.15, 0.2) is 0 Å². The van der Waals surface area contributed by atoms with Gasteiger partial charge in [0.05, 0.1) is 11.0 Å². The normalized spacial score (nSPS) is 17.1. The van der Waals surface area contributed by atoms with Crippen LogP contribution < -0.4 is 0 Å². The minimum Gasteiger partial charge on any atom is -0.292 e. The maximum Gasteiger partial charge on any atom is 0.145 e. The second-order valence-corrected chi connectivity index (χ2v) is 23.0. The summed E-state index contributed by atoms with van der Waals surface area (Å²) in [6.45, 7) is 14.6. The van der Waals surface area contributed by atoms with Gasteiger partial charge in [-0.15, -0.1) is 0 Å². The van der Waals surface area contributed by atoms with Crippen LogP contribution in [-0.4, -0.2) is 9.55 Å². The summed E-state index contributed by atoms with van der Waals surface area (Å²) in [7, 11) is 0. The van der Waals surface area contributed by atoms with E-state index >= 15 is 0 Å². The van der Waals surface area contributed by atoms with Crippen molar-refractivity contribution in [3.05, 3.63) is 257 Å². The molecular formula is C72H56N2. The first-order valence-electron chi connectivity index (χ1n) is 26.5. The van der Waals surface area contributed by atoms with Gasteiger partial charge in [0.2, 0.25) is 0 Å². The van der Waals surface area contributed by atoms with E-state index < -0.39 is 0 Å². The van der Waals surface area contributed by atoms with Crippen molar-refractivity contribution in [3.8, 4) is 61.6 Å². The number of rotatable bonds is 5. The first-order chi connectivity index (χ1) is 36.0. The lowest BCUT2D eigenvalue weighted by molar-refractivity contribution is 0.591. The molecule has 1 aromatic heterocycles. The first-order valence-corrected chi connectivity index (χ1v) is 26.5. The molecule has 2 nitrogen and oxygen atoms in total. The van der Waals surface area contributed by atoms with E-state index in [1.165, 1.54) is 116 Å². The molecule has 2 heteroatoms. The van der Waals surface area contributed by atoms with Crippen molar-refractivity contribution in [1.29, 1.82) is 0 Å². The molecule has 354 valence electrons. The average molecular weight is 949 g/mol. The smallest absolute Gasteiger partial charge is 0.145 e. The number of para-hydroxylation sites is 3. The highest BCUT2D eigenvalue weighted by molar-refractivity contribution is 6.22. The second kappa shape index (κ2) is 15.4. The molecule has 0 fully saturated rings. The van der Waals surface area contributed by atoms with Crippen LogP contribution in [0.1, 0.15) is 92.8 Å². The minimum absolute atomic E-state index is 0.114. The summed E-state index contributed by atoms with van der Waals surface area (Å²) in [5, 5.41) is 5.22. The minimum atomic E-state index is -0.184. The van der Waals surface area contributed by atoms with Gasteiger partial charge in [-0.25, -0.2) is 4.98 Å². The molecule has 1 atom stereocenters. The zero-order valence-electron chi connectivity index (χ0n) is 42.9. The number of allylic oxidation sites excluding steroid dienone is 4. The summed E-state index contributed by atoms with van der Waals surface area (Å²) in [5.74, 6) is 1.21. The summed E-state index contributed by atoms with van der Waals surface area (Å²) in [5.41, 5.74) is 27.1. The molecule has 11 aromatic rings. The Labute approximate surface area is 434 Å². The van der Waals surface area contributed by atoms with Crippen LogP contribution >= 0.6 is 0 Å². The highest BCUT2D eigenvalue weighted by Crippen LogP contribution is 2.57. The molecule has 74 heavy (non-hydrogen) atoms. The molecule has 0 aliphatic heterocycles. The number of aromatic nitrogens is 2. The number of hydrogen-bond acceptors (Lipinski definition) is 1. The molecule has 0 N–H and O–H groups in total. The van der Waals surface area contributed by atoms with E-state index in [4.69, 9.17) is 4.98 Å². The van der Waals surface area contributed by atoms with Gasteiger partial charge in [0.25, 0.3) is 0 Å². The Bertz CT molecular complexity index is 4280. The lowest BCUT2D eigenvalue weighted by Crippen LogP contribution is -2.19. The third-order valence-electron chi connectivity index (χ3n) is 18.0. The zero-order chi connectivity index (χ0) is 49.8. The summed E-state index contributed by atoms with van der Waals surface area (Å²) < 4.78 is 2.29. The van der Waals surface area contributed by atoms with Crippen molar-refractivity contribution in [2.24, 2.45) is 0 Å². The molecule has 0 amide bonds. The van der Waals surface area contributed by atoms with Crippen LogP contribution in [0.25, 0.3) is 99.7 Å². The lowest BCUT2D eigenvalue weighted by atomic mass is 9.74. The molecule has 1 heterocycles. The maximum absolute atomic E-state index is 5.18. The molecule has 0 radical (unpaired) electrons. The Hall–Kier alpha value is -8.33. The van der Waals surface area contributed by atoms with E-state index in [0.29, 0.717) is 0 Å². The average Bonchev–Trinajstić information content (AvgIpc) is 4.13. The highest BCUT2D eigenvalue weighted by atomic mass is 15.1. The van der Waals surface area contributed by atoms with Crippen molar-refractivity contribution in [2.45, 2.75) is 70.1 Å². The van der Waals surface area contributed by atoms with Gasteiger partial charge >= 0.3 is 0 Å². The number of fused-ring (bicyclic) bond motifs is 11. The zero-order valence-corrected chi connectivity index (χ0v) is 42.9. The van der Waals surface area contributed by atoms with Crippen LogP contribution in [0.5, 0.6) is 0 Å². The summed E-state index contributed by atoms with van der Waals surface area (Å²) in [4.78, 5) is 5.18. The summed E-state index contributed by atoms with van der Waals surface area (Å²) in [6.07, 6.45) is 5.90. The summed E-state index contributed by atoms with van der Waals surface area (Å²) in [6, 6.07) is 75.4. The largest absolute Gasteiger partial charge is 0.292 e. The van der Waals surface area contributed by atoms with Gasteiger partial charge in [-0.2, -0.15) is 0 Å². The van der Waals surface area contributed by atoms with Crippen molar-refractivity contribution in [1.82, 2.24) is 9.55 Å². The summed E-state index contributed by atoms with van der Waals surface area (Å²) >= 11 is 0. The fourth-order valence-electron chi connectivity index (χ4n) is 14.2. The molecular weight excluding hydrogens is 893 g/mol. The Morgan fingerprint density at radius 1 is 0.419 bits per heavy atom. The van der Waals surface area contributed by atoms with Crippen LogP contribution in [0, 0.1) is 0 Å². The van der Waals surface area contributed by atoms with Crippen LogP contribution in [0.15, 0.2) is 218 Å². The third kappa shape index (κ3) is 5.97. The topological polar surface area (TPSA) is 17.8 Å². The Kier molecular flexibility index (Phi) is 8.98. The molecule has 0 saturated heterocycles. The Morgan fingerprint density at radius 2 is 0.932 bits per heavy atom. The van der Waals surface area contributed by atoms with Gasteiger partial charge in [0.1, 0.15) is 5.82 Å². The van der Waals surface area contributed by atoms with Crippen LogP contribution in [-0.2, 0) is 16.2 Å². The number of hydrogen-bond donors (Lipinski definition) is 0. The standard InChI is InChI=1S/C72H56N2/c1-70(2)59-24-14-12-20-49(59)51-36-33-46(39-62(51)70)67-54-22-10-11-23-55(54)68(47-34-37-52-50-21-13-15-25-60(50)71(3,4)63(52)40-47)58-42-64-56(41-57(58)67)53-35-32-45(38-61(53)72(64,5)6)43-28-30-44(31-29-43)69-73-65-26-16-17-27-66(65)74(69)48-18-8-7-9-19-48/h7-37,39-42,45H,38H2,1-6H3. The first kappa shape index (κ1) is 43.3. The lowest BCUT2D eigenvalue weighted by Gasteiger charge is -2.29. The van der Waals surface area contributed by atoms with Gasteiger partial charge in [-0.05, 0) is 166 Å². The fraction of sp³-hybridized carbons (Fsp3) is 0.153. The van der Waals surface area contributed by atoms with Crippen molar-refractivity contribution >= 4 is 38.2 Å². The number of imidazole rings is 1. The van der Waals surface area contributed by atoms with Crippen molar-refractivity contribution in [3.63, 3.8) is 0 Å². The van der Waals surface area contributed by atoms with E-state index in [1.807, 2.05) is 0 Å². The monoisotopic (exact) mass is 948 g/mol. The van der Waals surface area contributed by atoms with E-state index in [2.05, 4.69) is 258 Å². The molecule has 1 unspecified atom stereocenters. The van der Waals surface area contributed by atoms with E-state index in [9.17, 15) is 0 Å². The van der Waals surface area contributed by atoms with Gasteiger partial charge in [-0.1, -0.05) is 211 Å². The molecule has 10 aromatic carbocycles. The Balaban J connectivity index is 0.888. The van der Waals surface area contributed by atoms with Crippen molar-refractivity contribution < 1.29 is 0 Å². The maximum atomic E-state index is 5.18. The van der Waals surface area contributed by atoms with E-state index in [0.717, 1.165) is 34.5 Å². The molecule has 4 aliphatic carbocycles. The highest BCUT2D eigenvalue weighted by Gasteiger charge is 2.41. The third-order valence-corrected chi connectivity index (χ3v) is 18.0. The van der Waals surface area contributed by atoms with E-state index in [-0.39, 0.29) is 22.2 Å². The molecule has 0 spiro atoms. The predicted octanol–water partition coefficient (Wildman–Crippen LogP) is 18.7. The van der Waals surface area contributed by atoms with Gasteiger partial charge < -0.3 is 0 Å². The van der Waals surface area contributed by atoms with E-state index in [1.54, 1.807) is 0 Å². The van der Waals surface area contributed by atoms with Crippen LogP contribution in [0.3, 0.4) is 0 Å². The number of benzene rings is 10. The second-order valence-electron chi connectivity index (χ2n) is 23.0. The molecule has 4 aliphatic rings. The van der Waals surface area contributed by atoms with Crippen LogP contribution in [0.4, 0.5) is 0 Å². The van der Waals surface area contributed by atoms with Gasteiger partial charge in [-0.3, -0.25) is 4.57 Å². The molecule has 0 saturated carbocycles. The SMILES string of the molecule is CC1(C)C2=C(C=CC(c3ccc(-c4nc5ccccc5n4-c4ccccc4)cc3)C2)c2cc3c(-c4ccc5c(c4)C(C)(C)c4ccccc4-5)c4ccccc4c(-c4ccc5c(c4)C(C)(C)c4ccccc4-5)c3cc21. The molecule has 0 bridgehead atoms. The van der Waals surface area contributed by atoms with Gasteiger partial charge in [0, 0.05) is 33.4 Å². The van der Waals surface area contributed by atoms with Crippen LogP contribution in [0.2, 0.25) is 0 Å². The van der Waals surface area contributed by atoms with Crippen molar-refractivity contribution in [2.75, 3.05) is 0 Å². The Morgan fingerprint density at radius 3 is 1.57 bits per heavy atom. The fourth-order valence-corrected chi connectivity index (χ4v) is 14.2. The number of nitrogens with zero attached hydrogens (tertiary/aromatic N) is 2. The predicted molar refractivity (Wildman–Crippen MR) is 310 cm³/mol. The molecule has 15 rings (SSSR count). The quantitative estimate of drug-likeness (QED) is 0.157.